The average Bonchev–Trinajstić information content (AvgIpc) is 2.57. The van der Waals surface area contributed by atoms with E-state index in [1.807, 2.05) is 0 Å². The molecule has 1 fully saturated rings. The Bertz CT molecular complexity index is 467. The van der Waals surface area contributed by atoms with Crippen LogP contribution in [0.5, 0.6) is 0 Å². The van der Waals surface area contributed by atoms with Gasteiger partial charge in [-0.2, -0.15) is 0 Å². The Labute approximate surface area is 125 Å². The largest absolute Gasteiger partial charge is 0.391 e. The number of benzene rings is 1. The molecule has 0 radical (unpaired) electrons. The first kappa shape index (κ1) is 14.5. The van der Waals surface area contributed by atoms with Gasteiger partial charge >= 0.3 is 0 Å². The number of hydrogen-bond donors (Lipinski definition) is 2. The van der Waals surface area contributed by atoms with Gasteiger partial charge in [0.2, 0.25) is 0 Å². The second-order valence-electron chi connectivity index (χ2n) is 4.88. The number of nitrogens with one attached hydrogen (secondary N) is 1. The number of nitro groups is 1. The van der Waals surface area contributed by atoms with E-state index in [1.54, 1.807) is 12.1 Å². The van der Waals surface area contributed by atoms with Crippen molar-refractivity contribution in [3.8, 4) is 0 Å². The van der Waals surface area contributed by atoms with Crippen LogP contribution < -0.4 is 5.32 Å². The number of rotatable bonds is 3. The third-order valence-electron chi connectivity index (χ3n) is 3.48. The van der Waals surface area contributed by atoms with Crippen LogP contribution in [0, 0.1) is 13.7 Å². The lowest BCUT2D eigenvalue weighted by atomic mass is 10.1. The highest BCUT2D eigenvalue weighted by Crippen LogP contribution is 2.27. The van der Waals surface area contributed by atoms with Crippen molar-refractivity contribution < 1.29 is 10.0 Å². The number of nitro benzene ring substituents is 1. The smallest absolute Gasteiger partial charge is 0.270 e. The lowest BCUT2D eigenvalue weighted by molar-refractivity contribution is -0.384. The number of aliphatic hydroxyl groups excluding tert-OH is 1. The molecule has 0 aliphatic heterocycles. The predicted molar refractivity (Wildman–Crippen MR) is 82.3 cm³/mol. The monoisotopic (exact) mass is 376 g/mol. The minimum Gasteiger partial charge on any atom is -0.391 e. The molecule has 0 heterocycles. The van der Waals surface area contributed by atoms with Crippen molar-refractivity contribution in [3.05, 3.63) is 31.9 Å². The van der Waals surface area contributed by atoms with E-state index < -0.39 is 4.92 Å². The van der Waals surface area contributed by atoms with Crippen LogP contribution in [0.15, 0.2) is 18.2 Å². The fraction of sp³-hybridized carbons (Fsp3) is 0.538. The molecule has 5 nitrogen and oxygen atoms in total. The van der Waals surface area contributed by atoms with Gasteiger partial charge in [0.1, 0.15) is 0 Å². The van der Waals surface area contributed by atoms with Crippen LogP contribution in [0.2, 0.25) is 0 Å². The summed E-state index contributed by atoms with van der Waals surface area (Å²) < 4.78 is 0.809. The number of nitrogens with zero attached hydrogens (tertiary/aromatic N) is 1. The van der Waals surface area contributed by atoms with Crippen molar-refractivity contribution in [1.29, 1.82) is 0 Å². The molecule has 19 heavy (non-hydrogen) atoms. The van der Waals surface area contributed by atoms with Gasteiger partial charge in [-0.05, 0) is 41.5 Å². The normalized spacial score (nSPS) is 23.7. The van der Waals surface area contributed by atoms with Crippen molar-refractivity contribution in [2.24, 2.45) is 0 Å². The summed E-state index contributed by atoms with van der Waals surface area (Å²) in [5.41, 5.74) is 0.952. The second kappa shape index (κ2) is 6.51. The highest BCUT2D eigenvalue weighted by Gasteiger charge is 2.22. The number of aliphatic hydroxyl groups is 1. The first-order valence-electron chi connectivity index (χ1n) is 6.46. The van der Waals surface area contributed by atoms with Crippen LogP contribution >= 0.6 is 22.6 Å². The first-order valence-corrected chi connectivity index (χ1v) is 7.54. The van der Waals surface area contributed by atoms with Gasteiger partial charge in [-0.25, -0.2) is 0 Å². The second-order valence-corrected chi connectivity index (χ2v) is 6.04. The highest BCUT2D eigenvalue weighted by atomic mass is 127. The van der Waals surface area contributed by atoms with E-state index in [1.165, 1.54) is 6.07 Å². The molecular weight excluding hydrogens is 359 g/mol. The molecule has 1 aromatic rings. The third kappa shape index (κ3) is 3.79. The van der Waals surface area contributed by atoms with Crippen LogP contribution in [0.25, 0.3) is 0 Å². The minimum absolute atomic E-state index is 0.0393. The van der Waals surface area contributed by atoms with Gasteiger partial charge < -0.3 is 10.4 Å². The Morgan fingerprint density at radius 3 is 2.74 bits per heavy atom. The Hall–Kier alpha value is -0.890. The Balaban J connectivity index is 2.11. The fourth-order valence-corrected chi connectivity index (χ4v) is 3.05. The maximum Gasteiger partial charge on any atom is 0.270 e. The van der Waals surface area contributed by atoms with Crippen LogP contribution in [0.1, 0.15) is 32.1 Å². The summed E-state index contributed by atoms with van der Waals surface area (Å²) in [6.45, 7) is 0. The summed E-state index contributed by atoms with van der Waals surface area (Å²) in [7, 11) is 0. The van der Waals surface area contributed by atoms with E-state index in [0.29, 0.717) is 0 Å². The minimum atomic E-state index is -0.396. The molecule has 2 atom stereocenters. The highest BCUT2D eigenvalue weighted by molar-refractivity contribution is 14.1. The molecule has 1 saturated carbocycles. The van der Waals surface area contributed by atoms with Crippen molar-refractivity contribution in [3.63, 3.8) is 0 Å². The molecule has 104 valence electrons. The number of anilines is 1. The van der Waals surface area contributed by atoms with Crippen molar-refractivity contribution in [2.75, 3.05) is 5.32 Å². The Morgan fingerprint density at radius 2 is 2.05 bits per heavy atom. The van der Waals surface area contributed by atoms with Crippen LogP contribution in [-0.2, 0) is 0 Å². The maximum atomic E-state index is 10.7. The van der Waals surface area contributed by atoms with E-state index in [0.717, 1.165) is 41.4 Å². The Morgan fingerprint density at radius 1 is 1.32 bits per heavy atom. The van der Waals surface area contributed by atoms with E-state index in [4.69, 9.17) is 0 Å². The summed E-state index contributed by atoms with van der Waals surface area (Å²) in [4.78, 5) is 10.3. The molecular formula is C13H17IN2O3. The summed E-state index contributed by atoms with van der Waals surface area (Å²) in [6, 6.07) is 4.80. The van der Waals surface area contributed by atoms with Crippen molar-refractivity contribution in [1.82, 2.24) is 0 Å². The summed E-state index contributed by atoms with van der Waals surface area (Å²) >= 11 is 2.08. The molecule has 6 heteroatoms. The molecule has 2 rings (SSSR count). The van der Waals surface area contributed by atoms with Gasteiger partial charge in [-0.15, -0.1) is 0 Å². The van der Waals surface area contributed by atoms with E-state index in [9.17, 15) is 15.2 Å². The molecule has 0 aromatic heterocycles. The quantitative estimate of drug-likeness (QED) is 0.367. The third-order valence-corrected chi connectivity index (χ3v) is 4.38. The standard InChI is InChI=1S/C13H17IN2O3/c14-10-8-9(16(18)19)6-7-11(10)15-12-4-2-1-3-5-13(12)17/h6-8,12-13,15,17H,1-5H2. The maximum absolute atomic E-state index is 10.7. The van der Waals surface area contributed by atoms with E-state index in [2.05, 4.69) is 27.9 Å². The molecule has 1 aromatic carbocycles. The van der Waals surface area contributed by atoms with E-state index >= 15 is 0 Å². The number of hydrogen-bond acceptors (Lipinski definition) is 4. The number of halogens is 1. The average molecular weight is 376 g/mol. The van der Waals surface area contributed by atoms with Gasteiger partial charge in [0.25, 0.3) is 5.69 Å². The SMILES string of the molecule is O=[N+]([O-])c1ccc(NC2CCCCCC2O)c(I)c1. The molecule has 1 aliphatic carbocycles. The lowest BCUT2D eigenvalue weighted by Crippen LogP contribution is -2.32. The molecule has 0 amide bonds. The summed E-state index contributed by atoms with van der Waals surface area (Å²) in [5, 5.41) is 24.1. The molecule has 2 N–H and O–H groups in total. The van der Waals surface area contributed by atoms with Crippen molar-refractivity contribution in [2.45, 2.75) is 44.2 Å². The van der Waals surface area contributed by atoms with Gasteiger partial charge in [-0.1, -0.05) is 19.3 Å². The summed E-state index contributed by atoms with van der Waals surface area (Å²) in [5.74, 6) is 0. The topological polar surface area (TPSA) is 75.4 Å². The van der Waals surface area contributed by atoms with Crippen LogP contribution in [-0.4, -0.2) is 22.2 Å². The van der Waals surface area contributed by atoms with Gasteiger partial charge in [-0.3, -0.25) is 10.1 Å². The molecule has 0 bridgehead atoms. The molecule has 2 unspecified atom stereocenters. The zero-order valence-corrected chi connectivity index (χ0v) is 12.7. The zero-order chi connectivity index (χ0) is 13.8. The summed E-state index contributed by atoms with van der Waals surface area (Å²) in [6.07, 6.45) is 4.75. The zero-order valence-electron chi connectivity index (χ0n) is 10.5. The van der Waals surface area contributed by atoms with Gasteiger partial charge in [0, 0.05) is 21.4 Å². The first-order chi connectivity index (χ1) is 9.08. The molecule has 1 aliphatic rings. The molecule has 0 saturated heterocycles. The van der Waals surface area contributed by atoms with Gasteiger partial charge in [0.15, 0.2) is 0 Å². The van der Waals surface area contributed by atoms with Crippen LogP contribution in [0.4, 0.5) is 11.4 Å². The lowest BCUT2D eigenvalue weighted by Gasteiger charge is -2.23. The van der Waals surface area contributed by atoms with Crippen molar-refractivity contribution >= 4 is 34.0 Å². The van der Waals surface area contributed by atoms with Crippen LogP contribution in [0.3, 0.4) is 0 Å². The van der Waals surface area contributed by atoms with E-state index in [-0.39, 0.29) is 17.8 Å². The van der Waals surface area contributed by atoms with Gasteiger partial charge in [0.05, 0.1) is 17.1 Å². The Kier molecular flexibility index (Phi) is 4.98. The fourth-order valence-electron chi connectivity index (χ4n) is 2.39. The molecule has 0 spiro atoms. The number of non-ortho nitro benzene ring substituents is 1. The predicted octanol–water partition coefficient (Wildman–Crippen LogP) is 3.30.